The quantitative estimate of drug-likeness (QED) is 0.298. The Morgan fingerprint density at radius 2 is 1.38 bits per heavy atom. The predicted molar refractivity (Wildman–Crippen MR) is 154 cm³/mol. The van der Waals surface area contributed by atoms with Crippen LogP contribution in [-0.4, -0.2) is 41.1 Å². The largest absolute Gasteiger partial charge is 0.349 e. The average molecular weight is 494 g/mol. The molecular formula is C33H39N3O. The third-order valence-corrected chi connectivity index (χ3v) is 7.59. The van der Waals surface area contributed by atoms with Crippen LogP contribution in [0.25, 0.3) is 10.9 Å². The zero-order valence-electron chi connectivity index (χ0n) is 22.6. The van der Waals surface area contributed by atoms with E-state index in [0.717, 1.165) is 48.3 Å². The van der Waals surface area contributed by atoms with Crippen molar-refractivity contribution in [3.05, 3.63) is 106 Å². The molecule has 4 nitrogen and oxygen atoms in total. The second-order valence-corrected chi connectivity index (χ2v) is 10.9. The number of rotatable bonds is 8. The number of hydrogen-bond donors (Lipinski definition) is 1. The first kappa shape index (κ1) is 25.3. The van der Waals surface area contributed by atoms with E-state index in [1.165, 1.54) is 35.1 Å². The highest BCUT2D eigenvalue weighted by atomic mass is 16.2. The van der Waals surface area contributed by atoms with Crippen molar-refractivity contribution in [2.45, 2.75) is 59.0 Å². The predicted octanol–water partition coefficient (Wildman–Crippen LogP) is 6.67. The lowest BCUT2D eigenvalue weighted by Gasteiger charge is -2.22. The van der Waals surface area contributed by atoms with Gasteiger partial charge in [0.15, 0.2) is 0 Å². The van der Waals surface area contributed by atoms with E-state index < -0.39 is 0 Å². The number of hydrogen-bond acceptors (Lipinski definition) is 2. The van der Waals surface area contributed by atoms with Crippen LogP contribution < -0.4 is 5.32 Å². The molecule has 1 saturated heterocycles. The molecule has 3 aromatic carbocycles. The molecule has 2 heterocycles. The lowest BCUT2D eigenvalue weighted by atomic mass is 9.83. The van der Waals surface area contributed by atoms with Crippen LogP contribution in [0, 0.1) is 13.8 Å². The number of benzene rings is 3. The first-order chi connectivity index (χ1) is 17.9. The molecule has 0 unspecified atom stereocenters. The lowest BCUT2D eigenvalue weighted by molar-refractivity contribution is 0.0932. The summed E-state index contributed by atoms with van der Waals surface area (Å²) in [4.78, 5) is 16.5. The van der Waals surface area contributed by atoms with Crippen molar-refractivity contribution in [3.8, 4) is 0 Å². The summed E-state index contributed by atoms with van der Waals surface area (Å²) in [6.45, 7) is 12.4. The molecule has 1 aromatic heterocycles. The normalized spacial score (nSPS) is 14.2. The van der Waals surface area contributed by atoms with Gasteiger partial charge in [0.05, 0.1) is 0 Å². The highest BCUT2D eigenvalue weighted by Gasteiger charge is 2.30. The maximum Gasteiger partial charge on any atom is 0.268 e. The summed E-state index contributed by atoms with van der Waals surface area (Å²) in [7, 11) is 0. The second-order valence-electron chi connectivity index (χ2n) is 10.9. The summed E-state index contributed by atoms with van der Waals surface area (Å²) >= 11 is 0. The standard InChI is InChI=1S/C33H39N3O/c1-23(2)34-33(37)32-31(28-9-5-6-10-29(28)36(32)22-21-35-19-7-8-20-35)30(26-15-11-24(3)12-16-26)27-17-13-25(4)14-18-27/h5-6,9-18,23,30H,7-8,19-22H2,1-4H3,(H,34,37). The summed E-state index contributed by atoms with van der Waals surface area (Å²) < 4.78 is 2.29. The fourth-order valence-electron chi connectivity index (χ4n) is 5.72. The highest BCUT2D eigenvalue weighted by molar-refractivity contribution is 6.03. The third kappa shape index (κ3) is 5.35. The molecule has 0 bridgehead atoms. The Kier molecular flexibility index (Phi) is 7.48. The number of aromatic nitrogens is 1. The van der Waals surface area contributed by atoms with Crippen LogP contribution in [-0.2, 0) is 6.54 Å². The minimum absolute atomic E-state index is 0.00634. The molecule has 1 fully saturated rings. The molecule has 1 aliphatic rings. The molecule has 4 aromatic rings. The van der Waals surface area contributed by atoms with Gasteiger partial charge in [0.2, 0.25) is 0 Å². The monoisotopic (exact) mass is 493 g/mol. The lowest BCUT2D eigenvalue weighted by Crippen LogP contribution is -2.34. The molecule has 0 spiro atoms. The number of likely N-dealkylation sites (tertiary alicyclic amines) is 1. The Morgan fingerprint density at radius 1 is 0.811 bits per heavy atom. The van der Waals surface area contributed by atoms with Crippen molar-refractivity contribution in [2.75, 3.05) is 19.6 Å². The maximum absolute atomic E-state index is 14.0. The van der Waals surface area contributed by atoms with Crippen molar-refractivity contribution in [2.24, 2.45) is 0 Å². The summed E-state index contributed by atoms with van der Waals surface area (Å²) in [5.41, 5.74) is 7.90. The van der Waals surface area contributed by atoms with Crippen molar-refractivity contribution in [3.63, 3.8) is 0 Å². The van der Waals surface area contributed by atoms with E-state index in [1.807, 2.05) is 13.8 Å². The van der Waals surface area contributed by atoms with E-state index in [-0.39, 0.29) is 17.9 Å². The Hall–Kier alpha value is -3.37. The SMILES string of the molecule is Cc1ccc(C(c2ccc(C)cc2)c2c(C(=O)NC(C)C)n(CCN3CCCC3)c3ccccc23)cc1. The molecule has 5 rings (SSSR count). The smallest absolute Gasteiger partial charge is 0.268 e. The van der Waals surface area contributed by atoms with Crippen molar-refractivity contribution in [1.29, 1.82) is 0 Å². The molecule has 0 atom stereocenters. The van der Waals surface area contributed by atoms with E-state index in [2.05, 4.69) is 101 Å². The van der Waals surface area contributed by atoms with Gasteiger partial charge in [-0.3, -0.25) is 4.79 Å². The van der Waals surface area contributed by atoms with Gasteiger partial charge in [0.25, 0.3) is 5.91 Å². The molecule has 4 heteroatoms. The van der Waals surface area contributed by atoms with Crippen LogP contribution in [0.2, 0.25) is 0 Å². The Bertz CT molecular complexity index is 1310. The van der Waals surface area contributed by atoms with E-state index in [9.17, 15) is 4.79 Å². The van der Waals surface area contributed by atoms with Crippen molar-refractivity contribution < 1.29 is 4.79 Å². The first-order valence-corrected chi connectivity index (χ1v) is 13.7. The number of carbonyl (C=O) groups excluding carboxylic acids is 1. The molecular weight excluding hydrogens is 454 g/mol. The van der Waals surface area contributed by atoms with E-state index in [1.54, 1.807) is 0 Å². The van der Waals surface area contributed by atoms with Gasteiger partial charge in [0, 0.05) is 41.5 Å². The molecule has 1 aliphatic heterocycles. The molecule has 1 amide bonds. The second kappa shape index (κ2) is 10.9. The minimum atomic E-state index is -0.0490. The topological polar surface area (TPSA) is 37.3 Å². The van der Waals surface area contributed by atoms with E-state index in [0.29, 0.717) is 0 Å². The fourth-order valence-corrected chi connectivity index (χ4v) is 5.72. The zero-order valence-corrected chi connectivity index (χ0v) is 22.6. The summed E-state index contributed by atoms with van der Waals surface area (Å²) in [6, 6.07) is 26.2. The van der Waals surface area contributed by atoms with Gasteiger partial charge in [0.1, 0.15) is 5.69 Å². The number of amides is 1. The van der Waals surface area contributed by atoms with Gasteiger partial charge in [-0.2, -0.15) is 0 Å². The van der Waals surface area contributed by atoms with Gasteiger partial charge in [-0.15, -0.1) is 0 Å². The van der Waals surface area contributed by atoms with Gasteiger partial charge < -0.3 is 14.8 Å². The van der Waals surface area contributed by atoms with Crippen LogP contribution in [0.4, 0.5) is 0 Å². The summed E-state index contributed by atoms with van der Waals surface area (Å²) in [5.74, 6) is -0.0427. The first-order valence-electron chi connectivity index (χ1n) is 13.7. The van der Waals surface area contributed by atoms with Gasteiger partial charge in [-0.05, 0) is 70.8 Å². The molecule has 0 radical (unpaired) electrons. The third-order valence-electron chi connectivity index (χ3n) is 7.59. The summed E-state index contributed by atoms with van der Waals surface area (Å²) in [6.07, 6.45) is 2.53. The molecule has 0 aliphatic carbocycles. The summed E-state index contributed by atoms with van der Waals surface area (Å²) in [5, 5.41) is 4.39. The van der Waals surface area contributed by atoms with Crippen LogP contribution in [0.15, 0.2) is 72.8 Å². The van der Waals surface area contributed by atoms with Crippen molar-refractivity contribution in [1.82, 2.24) is 14.8 Å². The van der Waals surface area contributed by atoms with Crippen LogP contribution in [0.5, 0.6) is 0 Å². The number of nitrogens with one attached hydrogen (secondary N) is 1. The number of fused-ring (bicyclic) bond motifs is 1. The van der Waals surface area contributed by atoms with Crippen LogP contribution in [0.3, 0.4) is 0 Å². The molecule has 0 saturated carbocycles. The van der Waals surface area contributed by atoms with E-state index in [4.69, 9.17) is 0 Å². The van der Waals surface area contributed by atoms with Gasteiger partial charge in [-0.25, -0.2) is 0 Å². The molecule has 37 heavy (non-hydrogen) atoms. The molecule has 1 N–H and O–H groups in total. The number of aryl methyl sites for hydroxylation is 2. The van der Waals surface area contributed by atoms with E-state index >= 15 is 0 Å². The van der Waals surface area contributed by atoms with Crippen LogP contribution in [0.1, 0.15) is 70.9 Å². The van der Waals surface area contributed by atoms with Gasteiger partial charge >= 0.3 is 0 Å². The van der Waals surface area contributed by atoms with Crippen molar-refractivity contribution >= 4 is 16.8 Å². The number of nitrogens with zero attached hydrogens (tertiary/aromatic N) is 2. The number of carbonyl (C=O) groups is 1. The fraction of sp³-hybridized carbons (Fsp3) is 0.364. The Labute approximate surface area is 221 Å². The average Bonchev–Trinajstić information content (AvgIpc) is 3.51. The highest BCUT2D eigenvalue weighted by Crippen LogP contribution is 2.40. The number of para-hydroxylation sites is 1. The Morgan fingerprint density at radius 3 is 1.95 bits per heavy atom. The molecule has 192 valence electrons. The van der Waals surface area contributed by atoms with Gasteiger partial charge in [-0.1, -0.05) is 77.9 Å². The Balaban J connectivity index is 1.75. The maximum atomic E-state index is 14.0. The van der Waals surface area contributed by atoms with Crippen LogP contribution >= 0.6 is 0 Å². The minimum Gasteiger partial charge on any atom is -0.349 e. The zero-order chi connectivity index (χ0) is 25.9.